The van der Waals surface area contributed by atoms with Crippen molar-refractivity contribution in [2.45, 2.75) is 29.9 Å². The summed E-state index contributed by atoms with van der Waals surface area (Å²) < 4.78 is 26.3. The summed E-state index contributed by atoms with van der Waals surface area (Å²) in [5, 5.41) is 19.7. The fourth-order valence-electron chi connectivity index (χ4n) is 1.77. The summed E-state index contributed by atoms with van der Waals surface area (Å²) in [4.78, 5) is 9.75. The van der Waals surface area contributed by atoms with Gasteiger partial charge >= 0.3 is 0 Å². The Labute approximate surface area is 114 Å². The number of benzene rings is 1. The first-order chi connectivity index (χ1) is 8.79. The highest BCUT2D eigenvalue weighted by Gasteiger charge is 2.32. The van der Waals surface area contributed by atoms with Gasteiger partial charge < -0.3 is 5.11 Å². The van der Waals surface area contributed by atoms with Gasteiger partial charge in [0.2, 0.25) is 10.0 Å². The molecule has 1 fully saturated rings. The molecule has 2 rings (SSSR count). The maximum absolute atomic E-state index is 12.0. The van der Waals surface area contributed by atoms with Gasteiger partial charge in [-0.25, -0.2) is 13.1 Å². The minimum atomic E-state index is -3.84. The number of nitro groups is 1. The van der Waals surface area contributed by atoms with Gasteiger partial charge in [-0.2, -0.15) is 0 Å². The summed E-state index contributed by atoms with van der Waals surface area (Å²) in [6.45, 7) is 0. The van der Waals surface area contributed by atoms with E-state index in [-0.39, 0.29) is 16.0 Å². The number of halogens is 1. The van der Waals surface area contributed by atoms with Gasteiger partial charge in [0.15, 0.2) is 0 Å². The lowest BCUT2D eigenvalue weighted by Crippen LogP contribution is -2.46. The number of nitrogens with zero attached hydrogens (tertiary/aromatic N) is 1. The summed E-state index contributed by atoms with van der Waals surface area (Å²) in [6.07, 6.45) is 0.191. The fourth-order valence-corrected chi connectivity index (χ4v) is 3.24. The van der Waals surface area contributed by atoms with Gasteiger partial charge in [-0.15, -0.1) is 0 Å². The molecule has 104 valence electrons. The van der Waals surface area contributed by atoms with E-state index in [0.29, 0.717) is 12.8 Å². The van der Waals surface area contributed by atoms with Crippen molar-refractivity contribution in [2.24, 2.45) is 0 Å². The van der Waals surface area contributed by atoms with E-state index in [1.54, 1.807) is 0 Å². The molecule has 7 nitrogen and oxygen atoms in total. The van der Waals surface area contributed by atoms with Gasteiger partial charge in [0, 0.05) is 12.1 Å². The van der Waals surface area contributed by atoms with Gasteiger partial charge in [0.1, 0.15) is 5.02 Å². The molecule has 0 saturated heterocycles. The smallest absolute Gasteiger partial charge is 0.289 e. The van der Waals surface area contributed by atoms with E-state index in [1.165, 1.54) is 12.1 Å². The molecule has 0 amide bonds. The molecule has 0 radical (unpaired) electrons. The highest BCUT2D eigenvalue weighted by atomic mass is 35.5. The second-order valence-corrected chi connectivity index (χ2v) is 6.43. The third-order valence-electron chi connectivity index (χ3n) is 2.86. The molecule has 0 atom stereocenters. The number of aliphatic hydroxyl groups is 1. The zero-order valence-electron chi connectivity index (χ0n) is 9.61. The standard InChI is InChI=1S/C10H11ClN2O5S/c11-9-2-1-8(5-10(9)13(15)16)19(17,18)12-6-3-7(14)4-6/h1-2,5-7,12,14H,3-4H2. The summed E-state index contributed by atoms with van der Waals surface area (Å²) in [5.74, 6) is 0. The zero-order valence-corrected chi connectivity index (χ0v) is 11.2. The van der Waals surface area contributed by atoms with Crippen LogP contribution in [-0.4, -0.2) is 30.6 Å². The van der Waals surface area contributed by atoms with Crippen LogP contribution in [0.3, 0.4) is 0 Å². The third-order valence-corrected chi connectivity index (χ3v) is 4.70. The van der Waals surface area contributed by atoms with E-state index in [1.807, 2.05) is 0 Å². The van der Waals surface area contributed by atoms with Crippen LogP contribution in [0.5, 0.6) is 0 Å². The second-order valence-electron chi connectivity index (χ2n) is 4.31. The summed E-state index contributed by atoms with van der Waals surface area (Å²) >= 11 is 5.61. The second kappa shape index (κ2) is 5.04. The number of hydrogen-bond donors (Lipinski definition) is 2. The minimum absolute atomic E-state index is 0.122. The Kier molecular flexibility index (Phi) is 3.77. The molecular formula is C10H11ClN2O5S. The molecule has 0 aliphatic heterocycles. The number of nitro benzene ring substituents is 1. The molecule has 0 bridgehead atoms. The summed E-state index contributed by atoms with van der Waals surface area (Å²) in [6, 6.07) is 2.95. The van der Waals surface area contributed by atoms with Crippen molar-refractivity contribution in [2.75, 3.05) is 0 Å². The van der Waals surface area contributed by atoms with Crippen LogP contribution in [0.15, 0.2) is 23.1 Å². The van der Waals surface area contributed by atoms with Crippen LogP contribution in [0.2, 0.25) is 5.02 Å². The van der Waals surface area contributed by atoms with E-state index < -0.39 is 26.7 Å². The lowest BCUT2D eigenvalue weighted by Gasteiger charge is -2.31. The molecule has 1 aromatic rings. The monoisotopic (exact) mass is 306 g/mol. The average Bonchev–Trinajstić information content (AvgIpc) is 2.26. The molecule has 2 N–H and O–H groups in total. The molecule has 1 aromatic carbocycles. The van der Waals surface area contributed by atoms with Crippen molar-refractivity contribution >= 4 is 27.3 Å². The first kappa shape index (κ1) is 14.2. The quantitative estimate of drug-likeness (QED) is 0.638. The predicted octanol–water partition coefficient (Wildman–Crippen LogP) is 1.05. The van der Waals surface area contributed by atoms with Crippen molar-refractivity contribution in [1.29, 1.82) is 0 Å². The molecular weight excluding hydrogens is 296 g/mol. The molecule has 0 heterocycles. The number of rotatable bonds is 4. The van der Waals surface area contributed by atoms with Crippen molar-refractivity contribution in [3.8, 4) is 0 Å². The SMILES string of the molecule is O=[N+]([O-])c1cc(S(=O)(=O)NC2CC(O)C2)ccc1Cl. The number of sulfonamides is 1. The fraction of sp³-hybridized carbons (Fsp3) is 0.400. The normalized spacial score (nSPS) is 22.8. The molecule has 0 aromatic heterocycles. The Morgan fingerprint density at radius 1 is 1.42 bits per heavy atom. The molecule has 0 unspecified atom stereocenters. The van der Waals surface area contributed by atoms with Crippen LogP contribution < -0.4 is 4.72 Å². The molecule has 1 saturated carbocycles. The topological polar surface area (TPSA) is 110 Å². The van der Waals surface area contributed by atoms with Crippen LogP contribution in [0.25, 0.3) is 0 Å². The Bertz CT molecular complexity index is 612. The van der Waals surface area contributed by atoms with Crippen LogP contribution in [0.4, 0.5) is 5.69 Å². The lowest BCUT2D eigenvalue weighted by atomic mass is 9.91. The van der Waals surface area contributed by atoms with Crippen molar-refractivity contribution in [3.63, 3.8) is 0 Å². The van der Waals surface area contributed by atoms with Gasteiger partial charge in [-0.05, 0) is 25.0 Å². The van der Waals surface area contributed by atoms with Gasteiger partial charge in [0.25, 0.3) is 5.69 Å². The maximum Gasteiger partial charge on any atom is 0.289 e. The number of aliphatic hydroxyl groups excluding tert-OH is 1. The maximum atomic E-state index is 12.0. The third kappa shape index (κ3) is 3.03. The Morgan fingerprint density at radius 3 is 2.58 bits per heavy atom. The van der Waals surface area contributed by atoms with E-state index in [4.69, 9.17) is 16.7 Å². The van der Waals surface area contributed by atoms with Crippen molar-refractivity contribution in [3.05, 3.63) is 33.3 Å². The van der Waals surface area contributed by atoms with Gasteiger partial charge in [0.05, 0.1) is 15.9 Å². The molecule has 19 heavy (non-hydrogen) atoms. The largest absolute Gasteiger partial charge is 0.393 e. The first-order valence-electron chi connectivity index (χ1n) is 5.44. The van der Waals surface area contributed by atoms with Crippen LogP contribution in [0.1, 0.15) is 12.8 Å². The lowest BCUT2D eigenvalue weighted by molar-refractivity contribution is -0.384. The van der Waals surface area contributed by atoms with E-state index in [2.05, 4.69) is 4.72 Å². The summed E-state index contributed by atoms with van der Waals surface area (Å²) in [7, 11) is -3.84. The Morgan fingerprint density at radius 2 is 2.05 bits per heavy atom. The molecule has 1 aliphatic carbocycles. The van der Waals surface area contributed by atoms with Crippen LogP contribution >= 0.6 is 11.6 Å². The predicted molar refractivity (Wildman–Crippen MR) is 67.5 cm³/mol. The number of nitrogens with one attached hydrogen (secondary N) is 1. The van der Waals surface area contributed by atoms with Crippen molar-refractivity contribution < 1.29 is 18.4 Å². The minimum Gasteiger partial charge on any atom is -0.393 e. The van der Waals surface area contributed by atoms with Crippen LogP contribution in [0, 0.1) is 10.1 Å². The van der Waals surface area contributed by atoms with E-state index in [0.717, 1.165) is 6.07 Å². The highest BCUT2D eigenvalue weighted by molar-refractivity contribution is 7.89. The molecule has 9 heteroatoms. The van der Waals surface area contributed by atoms with Gasteiger partial charge in [-0.3, -0.25) is 10.1 Å². The summed E-state index contributed by atoms with van der Waals surface area (Å²) in [5.41, 5.74) is -0.460. The molecule has 1 aliphatic rings. The van der Waals surface area contributed by atoms with Crippen molar-refractivity contribution in [1.82, 2.24) is 4.72 Å². The number of hydrogen-bond acceptors (Lipinski definition) is 5. The average molecular weight is 307 g/mol. The van der Waals surface area contributed by atoms with E-state index in [9.17, 15) is 18.5 Å². The zero-order chi connectivity index (χ0) is 14.2. The van der Waals surface area contributed by atoms with Crippen LogP contribution in [-0.2, 0) is 10.0 Å². The molecule has 0 spiro atoms. The first-order valence-corrected chi connectivity index (χ1v) is 7.30. The Hall–Kier alpha value is -1.22. The van der Waals surface area contributed by atoms with E-state index >= 15 is 0 Å². The van der Waals surface area contributed by atoms with Gasteiger partial charge in [-0.1, -0.05) is 11.6 Å². The highest BCUT2D eigenvalue weighted by Crippen LogP contribution is 2.28. The Balaban J connectivity index is 2.25.